The summed E-state index contributed by atoms with van der Waals surface area (Å²) in [5.41, 5.74) is -0.0440. The summed E-state index contributed by atoms with van der Waals surface area (Å²) in [7, 11) is 0. The van der Waals surface area contributed by atoms with Crippen molar-refractivity contribution >= 4 is 22.3 Å². The molecule has 4 nitrogen and oxygen atoms in total. The molecule has 0 amide bonds. The molecule has 1 aromatic rings. The van der Waals surface area contributed by atoms with Crippen LogP contribution in [0.3, 0.4) is 0 Å². The normalized spacial score (nSPS) is 9.60. The van der Waals surface area contributed by atoms with Gasteiger partial charge in [-0.25, -0.2) is 9.78 Å². The third-order valence-electron chi connectivity index (χ3n) is 0.945. The van der Waals surface area contributed by atoms with Gasteiger partial charge in [-0.3, -0.25) is 0 Å². The van der Waals surface area contributed by atoms with Crippen molar-refractivity contribution in [1.82, 2.24) is 4.98 Å². The van der Waals surface area contributed by atoms with E-state index in [9.17, 15) is 4.79 Å². The van der Waals surface area contributed by atoms with Crippen molar-refractivity contribution < 1.29 is 14.3 Å². The third kappa shape index (κ3) is 1.38. The zero-order valence-electron chi connectivity index (χ0n) is 5.07. The first-order chi connectivity index (χ1) is 4.74. The quantitative estimate of drug-likeness (QED) is 0.609. The maximum absolute atomic E-state index is 10.2. The molecular weight excluding hydrogens is 149 g/mol. The number of carbonyl (C=O) groups is 1. The first-order valence-electron chi connectivity index (χ1n) is 2.62. The van der Waals surface area contributed by atoms with Crippen molar-refractivity contribution in [2.45, 2.75) is 5.28 Å². The topological polar surface area (TPSA) is 63.3 Å². The van der Waals surface area contributed by atoms with Crippen LogP contribution in [0.5, 0.6) is 0 Å². The molecule has 0 aliphatic rings. The Balaban J connectivity index is 2.88. The van der Waals surface area contributed by atoms with Gasteiger partial charge in [-0.05, 0) is 5.28 Å². The minimum absolute atomic E-state index is 0.0440. The van der Waals surface area contributed by atoms with Gasteiger partial charge in [0.2, 0.25) is 0 Å². The Kier molecular flexibility index (Phi) is 2.10. The smallest absolute Gasteiger partial charge is 0.357 e. The second-order valence-electron chi connectivity index (χ2n) is 1.64. The molecule has 0 unspecified atom stereocenters. The Morgan fingerprint density at radius 2 is 2.60 bits per heavy atom. The van der Waals surface area contributed by atoms with Crippen LogP contribution in [0, 0.1) is 0 Å². The maximum Gasteiger partial charge on any atom is 0.357 e. The summed E-state index contributed by atoms with van der Waals surface area (Å²) in [4.78, 5) is 13.8. The Bertz CT molecular complexity index is 245. The number of rotatable bonds is 2. The van der Waals surface area contributed by atoms with Crippen LogP contribution < -0.4 is 0 Å². The molecule has 0 atom stereocenters. The van der Waals surface area contributed by atoms with Gasteiger partial charge in [-0.2, -0.15) is 0 Å². The van der Waals surface area contributed by atoms with E-state index < -0.39 is 5.97 Å². The van der Waals surface area contributed by atoms with Crippen LogP contribution in [0.2, 0.25) is 0 Å². The third-order valence-corrected chi connectivity index (χ3v) is 1.29. The summed E-state index contributed by atoms with van der Waals surface area (Å²) in [6, 6.07) is 0. The monoisotopic (exact) mass is 153 g/mol. The van der Waals surface area contributed by atoms with Crippen LogP contribution in [0.15, 0.2) is 10.7 Å². The number of hydrogen-bond donors (Lipinski definition) is 1. The predicted molar refractivity (Wildman–Crippen MR) is 32.9 cm³/mol. The average Bonchev–Trinajstić information content (AvgIpc) is 2.34. The molecule has 2 radical (unpaired) electrons. The highest BCUT2D eigenvalue weighted by Crippen LogP contribution is 2.00. The Morgan fingerprint density at radius 1 is 1.90 bits per heavy atom. The maximum atomic E-state index is 10.2. The van der Waals surface area contributed by atoms with Crippen molar-refractivity contribution in [2.24, 2.45) is 0 Å². The highest BCUT2D eigenvalue weighted by molar-refractivity contribution is 6.07. The highest BCUT2D eigenvalue weighted by Gasteiger charge is 2.07. The van der Waals surface area contributed by atoms with Gasteiger partial charge in [0, 0.05) is 0 Å². The molecule has 1 aromatic heterocycles. The molecule has 1 rings (SSSR count). The van der Waals surface area contributed by atoms with Crippen LogP contribution >= 0.6 is 0 Å². The number of hydrogen-bond acceptors (Lipinski definition) is 3. The van der Waals surface area contributed by atoms with E-state index >= 15 is 0 Å². The molecule has 1 heterocycles. The second-order valence-corrected chi connectivity index (χ2v) is 2.04. The molecule has 0 bridgehead atoms. The van der Waals surface area contributed by atoms with E-state index in [4.69, 9.17) is 9.52 Å². The molecule has 1 N–H and O–H groups in total. The molecule has 0 fully saturated rings. The van der Waals surface area contributed by atoms with Crippen molar-refractivity contribution in [3.8, 4) is 0 Å². The van der Waals surface area contributed by atoms with Crippen LogP contribution in [-0.2, 0) is 5.28 Å². The summed E-state index contributed by atoms with van der Waals surface area (Å²) >= 11 is 2.39. The molecular formula is C5H4AlNO3. The molecule has 0 saturated carbocycles. The van der Waals surface area contributed by atoms with E-state index in [0.29, 0.717) is 11.2 Å². The largest absolute Gasteiger partial charge is 0.476 e. The standard InChI is InChI=1S/C5H4NO3.Al/c1-3-6-4(2-9-3)5(7)8;/h2H,1H2,(H,7,8);. The molecule has 10 heavy (non-hydrogen) atoms. The summed E-state index contributed by atoms with van der Waals surface area (Å²) in [6.45, 7) is 0. The minimum atomic E-state index is -1.06. The molecule has 0 saturated heterocycles. The number of aromatic nitrogens is 1. The predicted octanol–water partition coefficient (Wildman–Crippen LogP) is 0.0413. The van der Waals surface area contributed by atoms with E-state index in [1.807, 2.05) is 0 Å². The fourth-order valence-electron chi connectivity index (χ4n) is 0.503. The van der Waals surface area contributed by atoms with E-state index in [2.05, 4.69) is 21.3 Å². The number of carboxylic acid groups (broad SMARTS) is 1. The molecule has 5 heteroatoms. The molecule has 50 valence electrons. The number of aromatic carboxylic acids is 1. The SMILES string of the molecule is O=C(O)c1coc([CH2][Al])n1. The summed E-state index contributed by atoms with van der Waals surface area (Å²) in [5.74, 6) is -0.643. The number of nitrogens with zero attached hydrogens (tertiary/aromatic N) is 1. The van der Waals surface area contributed by atoms with Gasteiger partial charge in [0.25, 0.3) is 0 Å². The Morgan fingerprint density at radius 3 is 2.90 bits per heavy atom. The van der Waals surface area contributed by atoms with Gasteiger partial charge in [-0.15, -0.1) is 0 Å². The fraction of sp³-hybridized carbons (Fsp3) is 0.200. The zero-order valence-corrected chi connectivity index (χ0v) is 6.23. The minimum Gasteiger partial charge on any atom is -0.476 e. The van der Waals surface area contributed by atoms with Crippen molar-refractivity contribution in [1.29, 1.82) is 0 Å². The molecule has 0 aromatic carbocycles. The lowest BCUT2D eigenvalue weighted by Crippen LogP contribution is -1.96. The fourth-order valence-corrected chi connectivity index (χ4v) is 0.690. The van der Waals surface area contributed by atoms with Gasteiger partial charge in [0.1, 0.15) is 22.6 Å². The van der Waals surface area contributed by atoms with Crippen LogP contribution in [0.4, 0.5) is 0 Å². The first kappa shape index (κ1) is 7.32. The van der Waals surface area contributed by atoms with Crippen LogP contribution in [-0.4, -0.2) is 32.4 Å². The molecule has 0 aliphatic carbocycles. The first-order valence-corrected chi connectivity index (χ1v) is 3.43. The highest BCUT2D eigenvalue weighted by atomic mass is 27.0. The van der Waals surface area contributed by atoms with Gasteiger partial charge in [-0.1, -0.05) is 0 Å². The van der Waals surface area contributed by atoms with Crippen LogP contribution in [0.25, 0.3) is 0 Å². The second kappa shape index (κ2) is 2.86. The Labute approximate surface area is 65.3 Å². The molecule has 0 spiro atoms. The summed E-state index contributed by atoms with van der Waals surface area (Å²) < 4.78 is 4.76. The lowest BCUT2D eigenvalue weighted by molar-refractivity contribution is 0.0690. The van der Waals surface area contributed by atoms with Crippen LogP contribution in [0.1, 0.15) is 16.4 Å². The average molecular weight is 153 g/mol. The van der Waals surface area contributed by atoms with Gasteiger partial charge in [0.05, 0.1) is 0 Å². The van der Waals surface area contributed by atoms with E-state index in [1.54, 1.807) is 0 Å². The summed E-state index contributed by atoms with van der Waals surface area (Å²) in [6.07, 6.45) is 1.13. The lowest BCUT2D eigenvalue weighted by atomic mass is 10.5. The van der Waals surface area contributed by atoms with Gasteiger partial charge < -0.3 is 9.52 Å². The van der Waals surface area contributed by atoms with E-state index in [0.717, 1.165) is 6.26 Å². The van der Waals surface area contributed by atoms with Crippen molar-refractivity contribution in [3.05, 3.63) is 17.8 Å². The van der Waals surface area contributed by atoms with E-state index in [-0.39, 0.29) is 5.69 Å². The number of oxazole rings is 1. The summed E-state index contributed by atoms with van der Waals surface area (Å²) in [5, 5.41) is 8.90. The Hall–Kier alpha value is -0.788. The van der Waals surface area contributed by atoms with Crippen molar-refractivity contribution in [3.63, 3.8) is 0 Å². The van der Waals surface area contributed by atoms with Crippen molar-refractivity contribution in [2.75, 3.05) is 0 Å². The van der Waals surface area contributed by atoms with Gasteiger partial charge in [0.15, 0.2) is 11.6 Å². The zero-order chi connectivity index (χ0) is 7.56. The molecule has 0 aliphatic heterocycles. The number of carboxylic acids is 1. The lowest BCUT2D eigenvalue weighted by Gasteiger charge is -1.80. The van der Waals surface area contributed by atoms with E-state index in [1.165, 1.54) is 0 Å². The van der Waals surface area contributed by atoms with Gasteiger partial charge >= 0.3 is 5.97 Å².